The molecule has 4 heteroatoms. The second-order valence-electron chi connectivity index (χ2n) is 4.51. The molecule has 0 spiro atoms. The maximum Gasteiger partial charge on any atom is 0.217 e. The van der Waals surface area contributed by atoms with E-state index in [9.17, 15) is 4.79 Å². The molecule has 1 saturated carbocycles. The fourth-order valence-electron chi connectivity index (χ4n) is 1.77. The Morgan fingerprint density at radius 3 is 2.29 bits per heavy atom. The Labute approximate surface area is 84.9 Å². The highest BCUT2D eigenvalue weighted by Crippen LogP contribution is 2.30. The Balaban J connectivity index is 0.000000140. The molecule has 3 atom stereocenters. The van der Waals surface area contributed by atoms with E-state index in [0.717, 1.165) is 6.42 Å². The Morgan fingerprint density at radius 2 is 2.21 bits per heavy atom. The molecular formula is C10H20N2O2. The first-order valence-electron chi connectivity index (χ1n) is 5.23. The highest BCUT2D eigenvalue weighted by Gasteiger charge is 2.46. The zero-order valence-electron chi connectivity index (χ0n) is 8.86. The van der Waals surface area contributed by atoms with Crippen LogP contribution < -0.4 is 11.1 Å². The molecule has 0 aromatic rings. The van der Waals surface area contributed by atoms with Crippen molar-refractivity contribution in [3.63, 3.8) is 0 Å². The minimum atomic E-state index is -0.213. The van der Waals surface area contributed by atoms with Gasteiger partial charge in [-0.3, -0.25) is 4.79 Å². The molecule has 1 heterocycles. The van der Waals surface area contributed by atoms with E-state index in [1.54, 1.807) is 0 Å². The van der Waals surface area contributed by atoms with Gasteiger partial charge in [0.2, 0.25) is 5.91 Å². The fraction of sp³-hybridized carbons (Fsp3) is 0.900. The van der Waals surface area contributed by atoms with Crippen LogP contribution >= 0.6 is 0 Å². The molecule has 0 radical (unpaired) electrons. The third-order valence-electron chi connectivity index (χ3n) is 2.53. The number of fused-ring (bicyclic) bond motifs is 1. The van der Waals surface area contributed by atoms with Crippen LogP contribution in [0.2, 0.25) is 0 Å². The van der Waals surface area contributed by atoms with Gasteiger partial charge in [0.15, 0.2) is 0 Å². The molecule has 82 valence electrons. The van der Waals surface area contributed by atoms with E-state index in [2.05, 4.69) is 5.32 Å². The minimum absolute atomic E-state index is 0.0231. The van der Waals surface area contributed by atoms with Gasteiger partial charge >= 0.3 is 0 Å². The maximum absolute atomic E-state index is 10.0. The smallest absolute Gasteiger partial charge is 0.217 e. The van der Waals surface area contributed by atoms with Gasteiger partial charge in [-0.25, -0.2) is 0 Å². The zero-order chi connectivity index (χ0) is 10.7. The summed E-state index contributed by atoms with van der Waals surface area (Å²) in [7, 11) is 0. The monoisotopic (exact) mass is 200 g/mol. The lowest BCUT2D eigenvalue weighted by Gasteiger charge is -1.97. The van der Waals surface area contributed by atoms with E-state index in [0.29, 0.717) is 24.4 Å². The molecular weight excluding hydrogens is 180 g/mol. The Kier molecular flexibility index (Phi) is 3.89. The summed E-state index contributed by atoms with van der Waals surface area (Å²) in [6.45, 7) is 3.93. The number of hydrogen-bond donors (Lipinski definition) is 3. The number of hydrogen-bond acceptors (Lipinski definition) is 3. The lowest BCUT2D eigenvalue weighted by molar-refractivity contribution is -0.118. The highest BCUT2D eigenvalue weighted by molar-refractivity contribution is 5.73. The average Bonchev–Trinajstić information content (AvgIpc) is 2.71. The molecule has 3 unspecified atom stereocenters. The number of nitrogens with one attached hydrogen (secondary N) is 1. The van der Waals surface area contributed by atoms with E-state index < -0.39 is 0 Å². The summed E-state index contributed by atoms with van der Waals surface area (Å²) in [5.41, 5.74) is 4.85. The number of aliphatic hydroxyl groups excluding tert-OH is 1. The van der Waals surface area contributed by atoms with Gasteiger partial charge in [-0.1, -0.05) is 13.8 Å². The number of carbonyl (C=O) groups excluding carboxylic acids is 1. The second-order valence-corrected chi connectivity index (χ2v) is 4.51. The zero-order valence-corrected chi connectivity index (χ0v) is 8.86. The third kappa shape index (κ3) is 3.64. The SMILES string of the molecule is CC(C)CC(N)=O.OC1CCC2NC12. The largest absolute Gasteiger partial charge is 0.391 e. The van der Waals surface area contributed by atoms with Crippen molar-refractivity contribution in [2.75, 3.05) is 0 Å². The van der Waals surface area contributed by atoms with E-state index in [1.807, 2.05) is 13.8 Å². The molecule has 0 aromatic carbocycles. The Morgan fingerprint density at radius 1 is 1.57 bits per heavy atom. The molecule has 1 aliphatic carbocycles. The molecule has 1 saturated heterocycles. The van der Waals surface area contributed by atoms with Crippen LogP contribution in [-0.4, -0.2) is 29.2 Å². The van der Waals surface area contributed by atoms with Gasteiger partial charge in [0.25, 0.3) is 0 Å². The normalized spacial score (nSPS) is 33.3. The molecule has 1 amide bonds. The van der Waals surface area contributed by atoms with Gasteiger partial charge in [0.1, 0.15) is 0 Å². The van der Waals surface area contributed by atoms with Gasteiger partial charge in [0, 0.05) is 18.5 Å². The maximum atomic E-state index is 10.0. The first-order chi connectivity index (χ1) is 6.50. The molecule has 2 aliphatic rings. The second kappa shape index (κ2) is 4.75. The van der Waals surface area contributed by atoms with Crippen molar-refractivity contribution in [2.24, 2.45) is 11.7 Å². The summed E-state index contributed by atoms with van der Waals surface area (Å²) in [5, 5.41) is 12.1. The lowest BCUT2D eigenvalue weighted by Crippen LogP contribution is -2.12. The molecule has 2 rings (SSSR count). The van der Waals surface area contributed by atoms with Crippen LogP contribution in [0.5, 0.6) is 0 Å². The number of primary amides is 1. The first-order valence-corrected chi connectivity index (χ1v) is 5.23. The summed E-state index contributed by atoms with van der Waals surface area (Å²) < 4.78 is 0. The lowest BCUT2D eigenvalue weighted by atomic mass is 10.1. The summed E-state index contributed by atoms with van der Waals surface area (Å²) in [6.07, 6.45) is 2.68. The Bertz CT molecular complexity index is 206. The molecule has 2 fully saturated rings. The van der Waals surface area contributed by atoms with Gasteiger partial charge in [-0.05, 0) is 18.8 Å². The summed E-state index contributed by atoms with van der Waals surface area (Å²) >= 11 is 0. The first kappa shape index (κ1) is 11.5. The number of nitrogens with two attached hydrogens (primary N) is 1. The van der Waals surface area contributed by atoms with E-state index in [1.165, 1.54) is 6.42 Å². The third-order valence-corrected chi connectivity index (χ3v) is 2.53. The van der Waals surface area contributed by atoms with Crippen LogP contribution in [0.4, 0.5) is 0 Å². The molecule has 1 aliphatic heterocycles. The summed E-state index contributed by atoms with van der Waals surface area (Å²) in [6, 6.07) is 1.18. The van der Waals surface area contributed by atoms with Crippen molar-refractivity contribution in [3.8, 4) is 0 Å². The highest BCUT2D eigenvalue weighted by atomic mass is 16.3. The summed E-state index contributed by atoms with van der Waals surface area (Å²) in [5.74, 6) is 0.188. The van der Waals surface area contributed by atoms with Crippen molar-refractivity contribution in [3.05, 3.63) is 0 Å². The number of carbonyl (C=O) groups is 1. The van der Waals surface area contributed by atoms with E-state index in [-0.39, 0.29) is 12.0 Å². The van der Waals surface area contributed by atoms with Crippen molar-refractivity contribution in [1.29, 1.82) is 0 Å². The van der Waals surface area contributed by atoms with Crippen LogP contribution in [0.3, 0.4) is 0 Å². The minimum Gasteiger partial charge on any atom is -0.391 e. The van der Waals surface area contributed by atoms with E-state index >= 15 is 0 Å². The summed E-state index contributed by atoms with van der Waals surface area (Å²) in [4.78, 5) is 10.0. The van der Waals surface area contributed by atoms with Crippen LogP contribution in [0.15, 0.2) is 0 Å². The standard InChI is InChI=1S/C5H9NO.C5H11NO/c7-4-2-1-3-5(4)6-3;1-4(2)3-5(6)7/h3-7H,1-2H2;4H,3H2,1-2H3,(H2,6,7). The van der Waals surface area contributed by atoms with Gasteiger partial charge in [-0.15, -0.1) is 0 Å². The van der Waals surface area contributed by atoms with Crippen molar-refractivity contribution in [1.82, 2.24) is 5.32 Å². The quantitative estimate of drug-likeness (QED) is 0.548. The van der Waals surface area contributed by atoms with Crippen molar-refractivity contribution < 1.29 is 9.90 Å². The molecule has 4 nitrogen and oxygen atoms in total. The number of amides is 1. The van der Waals surface area contributed by atoms with Crippen molar-refractivity contribution >= 4 is 5.91 Å². The number of rotatable bonds is 2. The van der Waals surface area contributed by atoms with Gasteiger partial charge in [0.05, 0.1) is 6.10 Å². The van der Waals surface area contributed by atoms with Crippen molar-refractivity contribution in [2.45, 2.75) is 51.3 Å². The molecule has 4 N–H and O–H groups in total. The van der Waals surface area contributed by atoms with Crippen LogP contribution in [-0.2, 0) is 4.79 Å². The topological polar surface area (TPSA) is 85.3 Å². The number of aliphatic hydroxyl groups is 1. The molecule has 14 heavy (non-hydrogen) atoms. The van der Waals surface area contributed by atoms with Gasteiger partial charge in [-0.2, -0.15) is 0 Å². The predicted octanol–water partition coefficient (Wildman–Crippen LogP) is -0.000700. The van der Waals surface area contributed by atoms with Crippen LogP contribution in [0.25, 0.3) is 0 Å². The Hall–Kier alpha value is -0.610. The predicted molar refractivity (Wildman–Crippen MR) is 54.6 cm³/mol. The molecule has 0 aromatic heterocycles. The molecule has 0 bridgehead atoms. The fourth-order valence-corrected chi connectivity index (χ4v) is 1.77. The van der Waals surface area contributed by atoms with E-state index in [4.69, 9.17) is 10.8 Å². The van der Waals surface area contributed by atoms with Gasteiger partial charge < -0.3 is 16.2 Å². The van der Waals surface area contributed by atoms with Crippen LogP contribution in [0.1, 0.15) is 33.1 Å². The average molecular weight is 200 g/mol. The number of piperidine rings is 1. The van der Waals surface area contributed by atoms with Crippen LogP contribution in [0, 0.1) is 5.92 Å².